The molecule has 0 aromatic rings. The van der Waals surface area contributed by atoms with E-state index in [-0.39, 0.29) is 11.7 Å². The molecule has 1 rings (SSSR count). The molecule has 1 atom stereocenters. The van der Waals surface area contributed by atoms with Crippen LogP contribution in [0.4, 0.5) is 4.79 Å². The van der Waals surface area contributed by atoms with Gasteiger partial charge in [-0.25, -0.2) is 4.79 Å². The molecule has 0 aliphatic carbocycles. The molecular weight excluding hydrogens is 256 g/mol. The van der Waals surface area contributed by atoms with Crippen molar-refractivity contribution in [2.24, 2.45) is 0 Å². The fourth-order valence-electron chi connectivity index (χ4n) is 2.28. The van der Waals surface area contributed by atoms with E-state index >= 15 is 0 Å². The Hall–Kier alpha value is -0.810. The van der Waals surface area contributed by atoms with Gasteiger partial charge in [0, 0.05) is 13.1 Å². The van der Waals surface area contributed by atoms with E-state index in [4.69, 9.17) is 9.47 Å². The van der Waals surface area contributed by atoms with Crippen LogP contribution < -0.4 is 0 Å². The van der Waals surface area contributed by atoms with Crippen molar-refractivity contribution >= 4 is 6.09 Å². The van der Waals surface area contributed by atoms with E-state index in [1.165, 1.54) is 0 Å². The van der Waals surface area contributed by atoms with Crippen LogP contribution in [0.15, 0.2) is 0 Å². The van der Waals surface area contributed by atoms with Gasteiger partial charge in [-0.2, -0.15) is 0 Å². The van der Waals surface area contributed by atoms with Gasteiger partial charge in [0.15, 0.2) is 0 Å². The summed E-state index contributed by atoms with van der Waals surface area (Å²) >= 11 is 0. The fourth-order valence-corrected chi connectivity index (χ4v) is 2.28. The molecule has 5 heteroatoms. The number of carbonyl (C=O) groups is 1. The molecule has 0 aromatic heterocycles. The lowest BCUT2D eigenvalue weighted by molar-refractivity contribution is -0.0463. The maximum absolute atomic E-state index is 12.1. The minimum atomic E-state index is -0.444. The monoisotopic (exact) mass is 286 g/mol. The Morgan fingerprint density at radius 2 is 2.00 bits per heavy atom. The Labute approximate surface area is 123 Å². The van der Waals surface area contributed by atoms with Gasteiger partial charge in [-0.3, -0.25) is 0 Å². The van der Waals surface area contributed by atoms with Crippen molar-refractivity contribution in [1.29, 1.82) is 0 Å². The molecule has 1 unspecified atom stereocenters. The highest BCUT2D eigenvalue weighted by Gasteiger charge is 2.40. The van der Waals surface area contributed by atoms with Crippen LogP contribution in [0.2, 0.25) is 0 Å². The summed E-state index contributed by atoms with van der Waals surface area (Å²) in [4.78, 5) is 16.0. The Morgan fingerprint density at radius 3 is 2.50 bits per heavy atom. The fraction of sp³-hybridized carbons (Fsp3) is 0.933. The second kappa shape index (κ2) is 6.76. The van der Waals surface area contributed by atoms with Gasteiger partial charge in [0.2, 0.25) is 0 Å². The summed E-state index contributed by atoms with van der Waals surface area (Å²) in [6.45, 7) is 10.7. The molecule has 1 aliphatic rings. The lowest BCUT2D eigenvalue weighted by atomic mass is 10.00. The summed E-state index contributed by atoms with van der Waals surface area (Å²) in [5.41, 5.74) is -0.646. The highest BCUT2D eigenvalue weighted by molar-refractivity contribution is 5.68. The number of hydrogen-bond acceptors (Lipinski definition) is 4. The third kappa shape index (κ3) is 5.29. The SMILES string of the molecule is CCC1(OCCN(C)C)CCN(C(=O)OC(C)(C)C)C1. The van der Waals surface area contributed by atoms with Crippen molar-refractivity contribution in [2.45, 2.75) is 51.7 Å². The zero-order valence-electron chi connectivity index (χ0n) is 13.9. The van der Waals surface area contributed by atoms with E-state index in [1.54, 1.807) is 4.90 Å². The summed E-state index contributed by atoms with van der Waals surface area (Å²) in [6.07, 6.45) is 1.57. The summed E-state index contributed by atoms with van der Waals surface area (Å²) < 4.78 is 11.5. The van der Waals surface area contributed by atoms with Crippen molar-refractivity contribution in [1.82, 2.24) is 9.80 Å². The number of rotatable bonds is 5. The first-order valence-corrected chi connectivity index (χ1v) is 7.44. The summed E-state index contributed by atoms with van der Waals surface area (Å²) in [7, 11) is 4.06. The molecule has 1 saturated heterocycles. The summed E-state index contributed by atoms with van der Waals surface area (Å²) in [5.74, 6) is 0. The lowest BCUT2D eigenvalue weighted by Gasteiger charge is -2.30. The Balaban J connectivity index is 2.51. The predicted octanol–water partition coefficient (Wildman–Crippen LogP) is 2.35. The number of hydrogen-bond donors (Lipinski definition) is 0. The maximum Gasteiger partial charge on any atom is 0.410 e. The van der Waals surface area contributed by atoms with Crippen molar-refractivity contribution in [3.05, 3.63) is 0 Å². The molecule has 5 nitrogen and oxygen atoms in total. The third-order valence-electron chi connectivity index (χ3n) is 3.56. The maximum atomic E-state index is 12.1. The van der Waals surface area contributed by atoms with E-state index in [9.17, 15) is 4.79 Å². The van der Waals surface area contributed by atoms with E-state index < -0.39 is 5.60 Å². The Bertz CT molecular complexity index is 326. The second-order valence-corrected chi connectivity index (χ2v) is 6.84. The molecule has 0 aromatic carbocycles. The number of likely N-dealkylation sites (N-methyl/N-ethyl adjacent to an activating group) is 1. The Kier molecular flexibility index (Phi) is 5.83. The van der Waals surface area contributed by atoms with Gasteiger partial charge in [0.25, 0.3) is 0 Å². The van der Waals surface area contributed by atoms with Gasteiger partial charge in [0.05, 0.1) is 18.8 Å². The van der Waals surface area contributed by atoms with Crippen LogP contribution in [0.3, 0.4) is 0 Å². The minimum Gasteiger partial charge on any atom is -0.444 e. The smallest absolute Gasteiger partial charge is 0.410 e. The molecule has 118 valence electrons. The molecular formula is C15H30N2O3. The molecule has 0 N–H and O–H groups in total. The van der Waals surface area contributed by atoms with Gasteiger partial charge in [-0.1, -0.05) is 6.92 Å². The van der Waals surface area contributed by atoms with E-state index in [0.29, 0.717) is 19.7 Å². The number of amides is 1. The minimum absolute atomic E-state index is 0.201. The van der Waals surface area contributed by atoms with Crippen LogP contribution in [0.1, 0.15) is 40.5 Å². The number of ether oxygens (including phenoxy) is 2. The average molecular weight is 286 g/mol. The van der Waals surface area contributed by atoms with Gasteiger partial charge >= 0.3 is 6.09 Å². The van der Waals surface area contributed by atoms with Crippen LogP contribution in [0, 0.1) is 0 Å². The highest BCUT2D eigenvalue weighted by atomic mass is 16.6. The van der Waals surface area contributed by atoms with Crippen LogP contribution in [-0.2, 0) is 9.47 Å². The second-order valence-electron chi connectivity index (χ2n) is 6.84. The standard InChI is InChI=1S/C15H30N2O3/c1-7-15(19-11-10-16(5)6)8-9-17(12-15)13(18)20-14(2,3)4/h7-12H2,1-6H3. The molecule has 1 aliphatic heterocycles. The number of carbonyl (C=O) groups excluding carboxylic acids is 1. The van der Waals surface area contributed by atoms with Crippen LogP contribution in [0.25, 0.3) is 0 Å². The van der Waals surface area contributed by atoms with Crippen molar-refractivity contribution in [2.75, 3.05) is 40.3 Å². The van der Waals surface area contributed by atoms with Crippen molar-refractivity contribution in [3.63, 3.8) is 0 Å². The van der Waals surface area contributed by atoms with Gasteiger partial charge in [0.1, 0.15) is 5.60 Å². The van der Waals surface area contributed by atoms with Crippen molar-refractivity contribution < 1.29 is 14.3 Å². The largest absolute Gasteiger partial charge is 0.444 e. The van der Waals surface area contributed by atoms with Gasteiger partial charge < -0.3 is 19.3 Å². The van der Waals surface area contributed by atoms with Crippen LogP contribution in [0.5, 0.6) is 0 Å². The summed E-state index contributed by atoms with van der Waals surface area (Å²) in [5, 5.41) is 0. The van der Waals surface area contributed by atoms with Crippen LogP contribution in [-0.4, -0.2) is 67.4 Å². The first-order valence-electron chi connectivity index (χ1n) is 7.44. The molecule has 1 fully saturated rings. The molecule has 0 bridgehead atoms. The molecule has 0 spiro atoms. The summed E-state index contributed by atoms with van der Waals surface area (Å²) in [6, 6.07) is 0. The molecule has 1 heterocycles. The molecule has 1 amide bonds. The van der Waals surface area contributed by atoms with E-state index in [2.05, 4.69) is 11.8 Å². The van der Waals surface area contributed by atoms with Gasteiger partial charge in [-0.15, -0.1) is 0 Å². The third-order valence-corrected chi connectivity index (χ3v) is 3.56. The first kappa shape index (κ1) is 17.2. The molecule has 0 saturated carbocycles. The van der Waals surface area contributed by atoms with E-state index in [1.807, 2.05) is 34.9 Å². The van der Waals surface area contributed by atoms with Crippen LogP contribution >= 0.6 is 0 Å². The molecule has 0 radical (unpaired) electrons. The quantitative estimate of drug-likeness (QED) is 0.778. The first-order chi connectivity index (χ1) is 9.17. The predicted molar refractivity (Wildman–Crippen MR) is 80.0 cm³/mol. The number of nitrogens with zero attached hydrogens (tertiary/aromatic N) is 2. The highest BCUT2D eigenvalue weighted by Crippen LogP contribution is 2.29. The van der Waals surface area contributed by atoms with E-state index in [0.717, 1.165) is 19.4 Å². The zero-order chi connectivity index (χ0) is 15.4. The van der Waals surface area contributed by atoms with Crippen molar-refractivity contribution in [3.8, 4) is 0 Å². The topological polar surface area (TPSA) is 42.0 Å². The Morgan fingerprint density at radius 1 is 1.35 bits per heavy atom. The lowest BCUT2D eigenvalue weighted by Crippen LogP contribution is -2.41. The van der Waals surface area contributed by atoms with Gasteiger partial charge in [-0.05, 0) is 47.7 Å². The molecule has 20 heavy (non-hydrogen) atoms. The average Bonchev–Trinajstić information content (AvgIpc) is 2.71. The zero-order valence-corrected chi connectivity index (χ0v) is 13.9. The normalized spacial score (nSPS) is 23.4. The number of likely N-dealkylation sites (tertiary alicyclic amines) is 1.